The predicted molar refractivity (Wildman–Crippen MR) is 77.7 cm³/mol. The van der Waals surface area contributed by atoms with Crippen molar-refractivity contribution in [3.8, 4) is 5.75 Å². The first kappa shape index (κ1) is 15.9. The van der Waals surface area contributed by atoms with E-state index in [9.17, 15) is 4.79 Å². The van der Waals surface area contributed by atoms with E-state index < -0.39 is 6.10 Å². The molecule has 1 aliphatic carbocycles. The van der Waals surface area contributed by atoms with E-state index >= 15 is 0 Å². The minimum atomic E-state index is -0.465. The van der Waals surface area contributed by atoms with E-state index in [4.69, 9.17) is 18.9 Å². The van der Waals surface area contributed by atoms with E-state index in [-0.39, 0.29) is 11.9 Å². The van der Waals surface area contributed by atoms with Crippen molar-refractivity contribution in [1.29, 1.82) is 0 Å². The molecule has 1 aromatic rings. The van der Waals surface area contributed by atoms with Crippen LogP contribution < -0.4 is 4.74 Å². The number of ether oxygens (including phenoxy) is 4. The van der Waals surface area contributed by atoms with Crippen molar-refractivity contribution in [2.45, 2.75) is 25.0 Å². The Morgan fingerprint density at radius 1 is 1.05 bits per heavy atom. The molecule has 0 N–H and O–H groups in total. The summed E-state index contributed by atoms with van der Waals surface area (Å²) in [7, 11) is 3.29. The molecule has 1 saturated carbocycles. The van der Waals surface area contributed by atoms with Crippen LogP contribution in [0.2, 0.25) is 0 Å². The maximum atomic E-state index is 11.5. The summed E-state index contributed by atoms with van der Waals surface area (Å²) in [5, 5.41) is 0. The average Bonchev–Trinajstić information content (AvgIpc) is 2.50. The van der Waals surface area contributed by atoms with Crippen molar-refractivity contribution in [2.24, 2.45) is 0 Å². The van der Waals surface area contributed by atoms with Crippen LogP contribution in [0.1, 0.15) is 12.0 Å². The summed E-state index contributed by atoms with van der Waals surface area (Å²) < 4.78 is 21.2. The Kier molecular flexibility index (Phi) is 6.17. The number of methoxy groups -OCH3 is 2. The van der Waals surface area contributed by atoms with Crippen molar-refractivity contribution in [3.05, 3.63) is 29.8 Å². The summed E-state index contributed by atoms with van der Waals surface area (Å²) in [5.41, 5.74) is 1.20. The number of Topliss-reactive ketones (excluding diaryl/α,β-unsaturated/α-hetero) is 1. The lowest BCUT2D eigenvalue weighted by Gasteiger charge is -2.34. The zero-order chi connectivity index (χ0) is 15.1. The molecule has 116 valence electrons. The predicted octanol–water partition coefficient (Wildman–Crippen LogP) is 1.63. The fourth-order valence-electron chi connectivity index (χ4n) is 2.16. The fraction of sp³-hybridized carbons (Fsp3) is 0.562. The largest absolute Gasteiger partial charge is 0.487 e. The number of ketones is 1. The number of carbonyl (C=O) groups excluding carboxylic acids is 1. The molecule has 0 amide bonds. The van der Waals surface area contributed by atoms with E-state index in [1.54, 1.807) is 14.2 Å². The molecule has 0 bridgehead atoms. The highest BCUT2D eigenvalue weighted by Crippen LogP contribution is 2.26. The molecule has 0 radical (unpaired) electrons. The molecule has 2 atom stereocenters. The van der Waals surface area contributed by atoms with Gasteiger partial charge < -0.3 is 18.9 Å². The molecule has 5 heteroatoms. The normalized spacial score (nSPS) is 21.1. The standard InChI is InChI=1S/C16H22O5/c1-18-8-7-12-3-5-13(6-4-12)21-15-11-14(17)16(15)20-10-9-19-2/h3-6,15-16H,7-11H2,1-2H3. The van der Waals surface area contributed by atoms with Gasteiger partial charge in [-0.15, -0.1) is 0 Å². The molecule has 1 aliphatic rings. The van der Waals surface area contributed by atoms with Crippen LogP contribution in [0.5, 0.6) is 5.75 Å². The van der Waals surface area contributed by atoms with E-state index in [0.717, 1.165) is 12.2 Å². The lowest BCUT2D eigenvalue weighted by atomic mass is 9.90. The van der Waals surface area contributed by atoms with E-state index in [1.165, 1.54) is 5.56 Å². The van der Waals surface area contributed by atoms with Gasteiger partial charge in [0.2, 0.25) is 0 Å². The Hall–Kier alpha value is -1.43. The minimum Gasteiger partial charge on any atom is -0.487 e. The van der Waals surface area contributed by atoms with Crippen LogP contribution in [-0.4, -0.2) is 52.0 Å². The van der Waals surface area contributed by atoms with Gasteiger partial charge in [0.25, 0.3) is 0 Å². The summed E-state index contributed by atoms with van der Waals surface area (Å²) in [4.78, 5) is 11.5. The topological polar surface area (TPSA) is 54.0 Å². The van der Waals surface area contributed by atoms with Gasteiger partial charge in [-0.1, -0.05) is 12.1 Å². The quantitative estimate of drug-likeness (QED) is 0.648. The lowest BCUT2D eigenvalue weighted by molar-refractivity contribution is -0.156. The Bertz CT molecular complexity index is 442. The summed E-state index contributed by atoms with van der Waals surface area (Å²) in [5.74, 6) is 0.849. The minimum absolute atomic E-state index is 0.0906. The number of carbonyl (C=O) groups is 1. The maximum Gasteiger partial charge on any atom is 0.169 e. The molecule has 1 aromatic carbocycles. The molecule has 1 fully saturated rings. The van der Waals surface area contributed by atoms with Crippen LogP contribution in [0.4, 0.5) is 0 Å². The molecular weight excluding hydrogens is 272 g/mol. The molecule has 2 unspecified atom stereocenters. The smallest absolute Gasteiger partial charge is 0.169 e. The Balaban J connectivity index is 1.82. The molecule has 2 rings (SSSR count). The molecule has 0 saturated heterocycles. The van der Waals surface area contributed by atoms with Crippen LogP contribution >= 0.6 is 0 Å². The summed E-state index contributed by atoms with van der Waals surface area (Å²) >= 11 is 0. The third-order valence-electron chi connectivity index (χ3n) is 3.45. The van der Waals surface area contributed by atoms with Crippen molar-refractivity contribution in [3.63, 3.8) is 0 Å². The van der Waals surface area contributed by atoms with Crippen LogP contribution in [0, 0.1) is 0 Å². The third-order valence-corrected chi connectivity index (χ3v) is 3.45. The van der Waals surface area contributed by atoms with Crippen LogP contribution in [-0.2, 0) is 25.4 Å². The number of hydrogen-bond donors (Lipinski definition) is 0. The maximum absolute atomic E-state index is 11.5. The Morgan fingerprint density at radius 3 is 2.38 bits per heavy atom. The van der Waals surface area contributed by atoms with Gasteiger partial charge in [0.1, 0.15) is 11.9 Å². The molecule has 21 heavy (non-hydrogen) atoms. The van der Waals surface area contributed by atoms with Gasteiger partial charge in [-0.05, 0) is 24.1 Å². The molecule has 0 spiro atoms. The zero-order valence-corrected chi connectivity index (χ0v) is 12.5. The van der Waals surface area contributed by atoms with Gasteiger partial charge >= 0.3 is 0 Å². The zero-order valence-electron chi connectivity index (χ0n) is 12.5. The number of rotatable bonds is 9. The van der Waals surface area contributed by atoms with E-state index in [1.807, 2.05) is 24.3 Å². The van der Waals surface area contributed by atoms with Gasteiger partial charge in [-0.25, -0.2) is 0 Å². The third kappa shape index (κ3) is 4.52. The first-order valence-electron chi connectivity index (χ1n) is 7.12. The Labute approximate surface area is 125 Å². The summed E-state index contributed by atoms with van der Waals surface area (Å²) in [6.07, 6.45) is 0.623. The molecule has 5 nitrogen and oxygen atoms in total. The monoisotopic (exact) mass is 294 g/mol. The van der Waals surface area contributed by atoms with Crippen molar-refractivity contribution in [2.75, 3.05) is 34.0 Å². The van der Waals surface area contributed by atoms with Gasteiger partial charge in [-0.2, -0.15) is 0 Å². The first-order valence-corrected chi connectivity index (χ1v) is 7.12. The summed E-state index contributed by atoms with van der Waals surface area (Å²) in [6, 6.07) is 7.85. The van der Waals surface area contributed by atoms with Gasteiger partial charge in [0, 0.05) is 20.6 Å². The van der Waals surface area contributed by atoms with Crippen LogP contribution in [0.15, 0.2) is 24.3 Å². The van der Waals surface area contributed by atoms with Crippen LogP contribution in [0.25, 0.3) is 0 Å². The van der Waals surface area contributed by atoms with Gasteiger partial charge in [-0.3, -0.25) is 4.79 Å². The van der Waals surface area contributed by atoms with Crippen molar-refractivity contribution in [1.82, 2.24) is 0 Å². The van der Waals surface area contributed by atoms with E-state index in [2.05, 4.69) is 0 Å². The average molecular weight is 294 g/mol. The highest BCUT2D eigenvalue weighted by Gasteiger charge is 2.42. The molecular formula is C16H22O5. The fourth-order valence-corrected chi connectivity index (χ4v) is 2.16. The van der Waals surface area contributed by atoms with Crippen molar-refractivity contribution < 1.29 is 23.7 Å². The van der Waals surface area contributed by atoms with Gasteiger partial charge in [0.05, 0.1) is 19.8 Å². The second kappa shape index (κ2) is 8.12. The first-order chi connectivity index (χ1) is 10.2. The second-order valence-corrected chi connectivity index (χ2v) is 5.00. The van der Waals surface area contributed by atoms with Crippen molar-refractivity contribution >= 4 is 5.78 Å². The lowest BCUT2D eigenvalue weighted by Crippen LogP contribution is -2.52. The highest BCUT2D eigenvalue weighted by molar-refractivity contribution is 5.90. The SMILES string of the molecule is COCCOC1C(=O)CC1Oc1ccc(CCOC)cc1. The van der Waals surface area contributed by atoms with E-state index in [0.29, 0.717) is 26.2 Å². The molecule has 0 aliphatic heterocycles. The van der Waals surface area contributed by atoms with Crippen LogP contribution in [0.3, 0.4) is 0 Å². The second-order valence-electron chi connectivity index (χ2n) is 5.00. The highest BCUT2D eigenvalue weighted by atomic mass is 16.6. The van der Waals surface area contributed by atoms with Gasteiger partial charge in [0.15, 0.2) is 11.9 Å². The number of benzene rings is 1. The Morgan fingerprint density at radius 2 is 1.76 bits per heavy atom. The molecule has 0 heterocycles. The molecule has 0 aromatic heterocycles. The summed E-state index contributed by atoms with van der Waals surface area (Å²) in [6.45, 7) is 1.58. The number of hydrogen-bond acceptors (Lipinski definition) is 5.